The smallest absolute Gasteiger partial charge is 0.305 e. The Bertz CT molecular complexity index is 417. The van der Waals surface area contributed by atoms with Gasteiger partial charge in [-0.25, -0.2) is 4.98 Å². The van der Waals surface area contributed by atoms with E-state index in [0.29, 0.717) is 3.57 Å². The Morgan fingerprint density at radius 2 is 1.82 bits per heavy atom. The molecule has 0 unspecified atom stereocenters. The predicted octanol–water partition coefficient (Wildman–Crippen LogP) is 2.82. The number of pyridine rings is 1. The average molecular weight is 366 g/mol. The van der Waals surface area contributed by atoms with Crippen LogP contribution in [-0.4, -0.2) is 23.0 Å². The van der Waals surface area contributed by atoms with Crippen LogP contribution in [0.15, 0.2) is 18.3 Å². The lowest BCUT2D eigenvalue weighted by atomic mass is 10.3. The second-order valence-corrected chi connectivity index (χ2v) is 4.13. The number of carbonyl (C=O) groups excluding carboxylic acids is 1. The molecule has 0 bridgehead atoms. The van der Waals surface area contributed by atoms with E-state index >= 15 is 0 Å². The number of aromatic nitrogens is 1. The lowest BCUT2D eigenvalue weighted by Gasteiger charge is -2.18. The largest absolute Gasteiger partial charge is 0.463 e. The zero-order chi connectivity index (χ0) is 13.3. The maximum Gasteiger partial charge on any atom is 0.463 e. The fraction of sp³-hybridized carbons (Fsp3) is 0.250. The number of hydrogen-bond acceptors (Lipinski definition) is 2. The molecule has 1 aromatic heterocycles. The fourth-order valence-electron chi connectivity index (χ4n) is 0.773. The number of nitrogens with zero attached hydrogens (tertiary/aromatic N) is 1. The van der Waals surface area contributed by atoms with Gasteiger partial charge in [0.05, 0.1) is 0 Å². The third kappa shape index (κ3) is 3.23. The quantitative estimate of drug-likeness (QED) is 0.646. The van der Waals surface area contributed by atoms with Gasteiger partial charge in [-0.05, 0) is 34.7 Å². The highest BCUT2D eigenvalue weighted by atomic mass is 127. The van der Waals surface area contributed by atoms with Crippen LogP contribution in [-0.2, 0) is 4.79 Å². The van der Waals surface area contributed by atoms with E-state index in [-0.39, 0.29) is 5.82 Å². The van der Waals surface area contributed by atoms with Crippen molar-refractivity contribution in [3.05, 3.63) is 21.9 Å². The fourth-order valence-corrected chi connectivity index (χ4v) is 1.09. The topological polar surface area (TPSA) is 42.0 Å². The van der Waals surface area contributed by atoms with Gasteiger partial charge in [0.1, 0.15) is 5.82 Å². The zero-order valence-corrected chi connectivity index (χ0v) is 10.0. The third-order valence-electron chi connectivity index (χ3n) is 1.61. The Hall–Kier alpha value is -1.00. The van der Waals surface area contributed by atoms with E-state index in [9.17, 15) is 26.7 Å². The number of carbonyl (C=O) groups is 1. The monoisotopic (exact) mass is 366 g/mol. The molecule has 0 aliphatic carbocycles. The molecule has 0 fully saturated rings. The Morgan fingerprint density at radius 1 is 1.24 bits per heavy atom. The molecule has 9 heteroatoms. The molecule has 1 amide bonds. The first-order chi connectivity index (χ1) is 7.64. The van der Waals surface area contributed by atoms with Gasteiger partial charge in [0.25, 0.3) is 0 Å². The first kappa shape index (κ1) is 14.1. The summed E-state index contributed by atoms with van der Waals surface area (Å²) in [4.78, 5) is 14.2. The van der Waals surface area contributed by atoms with Crippen LogP contribution in [0.2, 0.25) is 0 Å². The normalized spacial score (nSPS) is 12.4. The maximum absolute atomic E-state index is 12.5. The summed E-state index contributed by atoms with van der Waals surface area (Å²) in [6.07, 6.45) is -4.72. The summed E-state index contributed by atoms with van der Waals surface area (Å²) >= 11 is 1.86. The second-order valence-electron chi connectivity index (χ2n) is 2.89. The van der Waals surface area contributed by atoms with Crippen molar-refractivity contribution < 1.29 is 26.7 Å². The molecular weight excluding hydrogens is 362 g/mol. The van der Waals surface area contributed by atoms with Crippen molar-refractivity contribution in [2.24, 2.45) is 0 Å². The predicted molar refractivity (Wildman–Crippen MR) is 56.6 cm³/mol. The molecule has 3 nitrogen and oxygen atoms in total. The van der Waals surface area contributed by atoms with Gasteiger partial charge in [-0.15, -0.1) is 0 Å². The molecule has 0 spiro atoms. The van der Waals surface area contributed by atoms with E-state index < -0.39 is 18.0 Å². The summed E-state index contributed by atoms with van der Waals surface area (Å²) in [5.74, 6) is -8.28. The van der Waals surface area contributed by atoms with E-state index in [1.807, 2.05) is 22.6 Å². The van der Waals surface area contributed by atoms with Crippen LogP contribution in [0.4, 0.5) is 27.8 Å². The minimum absolute atomic E-state index is 0.376. The van der Waals surface area contributed by atoms with E-state index in [1.165, 1.54) is 17.6 Å². The van der Waals surface area contributed by atoms with Gasteiger partial charge in [0, 0.05) is 9.77 Å². The molecule has 0 aliphatic rings. The van der Waals surface area contributed by atoms with Crippen LogP contribution >= 0.6 is 22.6 Å². The van der Waals surface area contributed by atoms with Gasteiger partial charge >= 0.3 is 18.0 Å². The van der Waals surface area contributed by atoms with Crippen molar-refractivity contribution in [2.45, 2.75) is 12.1 Å². The summed E-state index contributed by atoms with van der Waals surface area (Å²) in [6, 6.07) is 2.51. The number of halogens is 6. The van der Waals surface area contributed by atoms with Crippen LogP contribution in [0, 0.1) is 3.57 Å². The van der Waals surface area contributed by atoms with Gasteiger partial charge in [-0.1, -0.05) is 0 Å². The SMILES string of the molecule is O=C(Nc1ccc(I)cn1)C(F)(F)C(F)(F)F. The van der Waals surface area contributed by atoms with Crippen molar-refractivity contribution in [3.63, 3.8) is 0 Å². The minimum atomic E-state index is -5.93. The van der Waals surface area contributed by atoms with Gasteiger partial charge < -0.3 is 5.32 Å². The molecular formula is C8H4F5IN2O. The van der Waals surface area contributed by atoms with Gasteiger partial charge in [-0.3, -0.25) is 4.79 Å². The van der Waals surface area contributed by atoms with Crippen molar-refractivity contribution in [2.75, 3.05) is 5.32 Å². The molecule has 0 radical (unpaired) electrons. The van der Waals surface area contributed by atoms with Gasteiger partial charge in [0.2, 0.25) is 0 Å². The van der Waals surface area contributed by atoms with Crippen LogP contribution in [0.3, 0.4) is 0 Å². The number of anilines is 1. The molecule has 0 aromatic carbocycles. The molecule has 0 atom stereocenters. The highest BCUT2D eigenvalue weighted by Gasteiger charge is 2.63. The zero-order valence-electron chi connectivity index (χ0n) is 7.86. The molecule has 1 aromatic rings. The Kier molecular flexibility index (Phi) is 3.89. The van der Waals surface area contributed by atoms with Crippen molar-refractivity contribution >= 4 is 34.3 Å². The molecule has 1 rings (SSSR count). The average Bonchev–Trinajstić information content (AvgIpc) is 2.19. The summed E-state index contributed by atoms with van der Waals surface area (Å²) < 4.78 is 61.1. The third-order valence-corrected chi connectivity index (χ3v) is 2.25. The molecule has 1 heterocycles. The van der Waals surface area contributed by atoms with Crippen LogP contribution in [0.5, 0.6) is 0 Å². The van der Waals surface area contributed by atoms with Crippen LogP contribution in [0.25, 0.3) is 0 Å². The van der Waals surface area contributed by atoms with Gasteiger partial charge in [-0.2, -0.15) is 22.0 Å². The molecule has 0 aliphatic heterocycles. The van der Waals surface area contributed by atoms with Crippen molar-refractivity contribution in [3.8, 4) is 0 Å². The number of alkyl halides is 5. The first-order valence-electron chi connectivity index (χ1n) is 4.02. The highest BCUT2D eigenvalue weighted by Crippen LogP contribution is 2.36. The second kappa shape index (κ2) is 4.70. The summed E-state index contributed by atoms with van der Waals surface area (Å²) in [5.41, 5.74) is 0. The Balaban J connectivity index is 2.83. The molecule has 0 saturated carbocycles. The van der Waals surface area contributed by atoms with E-state index in [1.54, 1.807) is 0 Å². The molecule has 17 heavy (non-hydrogen) atoms. The molecule has 0 saturated heterocycles. The lowest BCUT2D eigenvalue weighted by molar-refractivity contribution is -0.267. The summed E-state index contributed by atoms with van der Waals surface area (Å²) in [7, 11) is 0. The Morgan fingerprint density at radius 3 is 2.24 bits per heavy atom. The van der Waals surface area contributed by atoms with Crippen LogP contribution in [0.1, 0.15) is 0 Å². The van der Waals surface area contributed by atoms with E-state index in [2.05, 4.69) is 4.98 Å². The Labute approximate surface area is 106 Å². The number of hydrogen-bond donors (Lipinski definition) is 1. The molecule has 94 valence electrons. The number of amides is 1. The van der Waals surface area contributed by atoms with Crippen LogP contribution < -0.4 is 5.32 Å². The molecule has 1 N–H and O–H groups in total. The number of nitrogens with one attached hydrogen (secondary N) is 1. The summed E-state index contributed by atoms with van der Waals surface area (Å²) in [5, 5.41) is 1.39. The van der Waals surface area contributed by atoms with E-state index in [0.717, 1.165) is 6.07 Å². The first-order valence-corrected chi connectivity index (χ1v) is 5.10. The van der Waals surface area contributed by atoms with E-state index in [4.69, 9.17) is 0 Å². The van der Waals surface area contributed by atoms with Gasteiger partial charge in [0.15, 0.2) is 0 Å². The standard InChI is InChI=1S/C8H4F5IN2O/c9-7(10,8(11,12)13)6(17)16-5-2-1-4(14)3-15-5/h1-3H,(H,15,16,17). The number of rotatable bonds is 2. The minimum Gasteiger partial charge on any atom is -0.305 e. The highest BCUT2D eigenvalue weighted by molar-refractivity contribution is 14.1. The lowest BCUT2D eigenvalue weighted by Crippen LogP contribution is -2.47. The maximum atomic E-state index is 12.5. The summed E-state index contributed by atoms with van der Waals surface area (Å²) in [6.45, 7) is 0. The van der Waals surface area contributed by atoms with Crippen molar-refractivity contribution in [1.82, 2.24) is 4.98 Å². The van der Waals surface area contributed by atoms with Crippen molar-refractivity contribution in [1.29, 1.82) is 0 Å².